The second-order valence-corrected chi connectivity index (χ2v) is 6.41. The van der Waals surface area contributed by atoms with Crippen molar-refractivity contribution in [1.29, 1.82) is 0 Å². The van der Waals surface area contributed by atoms with Crippen LogP contribution in [-0.4, -0.2) is 45.5 Å². The maximum absolute atomic E-state index is 12.1. The van der Waals surface area contributed by atoms with Crippen molar-refractivity contribution in [1.82, 2.24) is 25.3 Å². The Morgan fingerprint density at radius 2 is 1.81 bits per heavy atom. The van der Waals surface area contributed by atoms with Gasteiger partial charge in [-0.25, -0.2) is 15.0 Å². The molecule has 0 spiro atoms. The van der Waals surface area contributed by atoms with Gasteiger partial charge in [-0.1, -0.05) is 6.07 Å². The summed E-state index contributed by atoms with van der Waals surface area (Å²) >= 11 is 0. The van der Waals surface area contributed by atoms with Crippen molar-refractivity contribution in [2.24, 2.45) is 5.92 Å². The van der Waals surface area contributed by atoms with Crippen molar-refractivity contribution in [2.75, 3.05) is 24.5 Å². The van der Waals surface area contributed by atoms with Crippen molar-refractivity contribution in [3.8, 4) is 0 Å². The molecule has 26 heavy (non-hydrogen) atoms. The average molecular weight is 348 g/mol. The number of hydrogen-bond donors (Lipinski definition) is 1. The molecule has 1 N–H and O–H groups in total. The van der Waals surface area contributed by atoms with Crippen LogP contribution in [0, 0.1) is 5.92 Å². The molecular weight excluding hydrogens is 328 g/mol. The lowest BCUT2D eigenvalue weighted by atomic mass is 9.96. The molecule has 3 aromatic rings. The zero-order valence-electron chi connectivity index (χ0n) is 14.4. The van der Waals surface area contributed by atoms with Crippen LogP contribution >= 0.6 is 0 Å². The lowest BCUT2D eigenvalue weighted by molar-refractivity contribution is 0.0940. The lowest BCUT2D eigenvalue weighted by Crippen LogP contribution is -2.39. The van der Waals surface area contributed by atoms with Crippen LogP contribution in [0.5, 0.6) is 0 Å². The summed E-state index contributed by atoms with van der Waals surface area (Å²) in [6.45, 7) is 2.54. The van der Waals surface area contributed by atoms with Gasteiger partial charge < -0.3 is 10.2 Å². The van der Waals surface area contributed by atoms with E-state index in [0.29, 0.717) is 23.8 Å². The normalized spacial score (nSPS) is 15.2. The Morgan fingerprint density at radius 3 is 2.62 bits per heavy atom. The van der Waals surface area contributed by atoms with Gasteiger partial charge in [0.1, 0.15) is 11.2 Å². The van der Waals surface area contributed by atoms with E-state index in [-0.39, 0.29) is 5.91 Å². The molecule has 7 heteroatoms. The van der Waals surface area contributed by atoms with Crippen LogP contribution in [0.4, 0.5) is 5.69 Å². The fourth-order valence-electron chi connectivity index (χ4n) is 3.32. The van der Waals surface area contributed by atoms with E-state index in [2.05, 4.69) is 30.2 Å². The third kappa shape index (κ3) is 3.46. The van der Waals surface area contributed by atoms with Crippen molar-refractivity contribution in [3.05, 3.63) is 54.7 Å². The van der Waals surface area contributed by atoms with E-state index in [4.69, 9.17) is 0 Å². The van der Waals surface area contributed by atoms with E-state index in [1.165, 1.54) is 0 Å². The van der Waals surface area contributed by atoms with Crippen LogP contribution < -0.4 is 10.2 Å². The maximum Gasteiger partial charge on any atom is 0.269 e. The molecule has 0 atom stereocenters. The van der Waals surface area contributed by atoms with E-state index in [9.17, 15) is 4.79 Å². The van der Waals surface area contributed by atoms with Gasteiger partial charge in [0.05, 0.1) is 5.69 Å². The van der Waals surface area contributed by atoms with Gasteiger partial charge in [-0.3, -0.25) is 9.78 Å². The standard InChI is InChI=1S/C19H20N6O/c26-19(15-3-1-2-7-20-15)24-13-14-5-11-25(12-6-14)16-4-8-22-18-17(16)21-9-10-23-18/h1-4,7-10,14H,5-6,11-13H2,(H,24,26). The molecule has 0 saturated carbocycles. The predicted octanol–water partition coefficient (Wildman–Crippen LogP) is 2.07. The molecule has 1 aliphatic rings. The van der Waals surface area contributed by atoms with E-state index in [1.54, 1.807) is 36.9 Å². The van der Waals surface area contributed by atoms with Crippen LogP contribution in [0.25, 0.3) is 11.2 Å². The number of aromatic nitrogens is 4. The second kappa shape index (κ2) is 7.43. The zero-order valence-corrected chi connectivity index (χ0v) is 14.4. The highest BCUT2D eigenvalue weighted by molar-refractivity contribution is 5.92. The predicted molar refractivity (Wildman–Crippen MR) is 98.8 cm³/mol. The number of nitrogens with zero attached hydrogens (tertiary/aromatic N) is 5. The van der Waals surface area contributed by atoms with Crippen LogP contribution in [0.1, 0.15) is 23.3 Å². The average Bonchev–Trinajstić information content (AvgIpc) is 2.72. The van der Waals surface area contributed by atoms with Crippen LogP contribution in [-0.2, 0) is 0 Å². The van der Waals surface area contributed by atoms with Gasteiger partial charge >= 0.3 is 0 Å². The maximum atomic E-state index is 12.1. The summed E-state index contributed by atoms with van der Waals surface area (Å²) in [4.78, 5) is 31.5. The van der Waals surface area contributed by atoms with Gasteiger partial charge in [0.15, 0.2) is 5.65 Å². The SMILES string of the molecule is O=C(NCC1CCN(c2ccnc3nccnc23)CC1)c1ccccn1. The van der Waals surface area contributed by atoms with Crippen molar-refractivity contribution in [2.45, 2.75) is 12.8 Å². The molecule has 0 unspecified atom stereocenters. The zero-order chi connectivity index (χ0) is 17.8. The summed E-state index contributed by atoms with van der Waals surface area (Å²) in [6, 6.07) is 7.36. The van der Waals surface area contributed by atoms with Crippen LogP contribution in [0.2, 0.25) is 0 Å². The molecule has 0 radical (unpaired) electrons. The highest BCUT2D eigenvalue weighted by Gasteiger charge is 2.22. The summed E-state index contributed by atoms with van der Waals surface area (Å²) in [5, 5.41) is 3.00. The molecule has 1 amide bonds. The Balaban J connectivity index is 1.35. The van der Waals surface area contributed by atoms with Crippen molar-refractivity contribution < 1.29 is 4.79 Å². The van der Waals surface area contributed by atoms with Crippen LogP contribution in [0.3, 0.4) is 0 Å². The van der Waals surface area contributed by atoms with E-state index < -0.39 is 0 Å². The minimum Gasteiger partial charge on any atom is -0.370 e. The Hall–Kier alpha value is -3.09. The summed E-state index contributed by atoms with van der Waals surface area (Å²) in [7, 11) is 0. The number of pyridine rings is 2. The van der Waals surface area contributed by atoms with Gasteiger partial charge in [0.2, 0.25) is 0 Å². The molecule has 4 rings (SSSR count). The van der Waals surface area contributed by atoms with Gasteiger partial charge in [-0.2, -0.15) is 0 Å². The Kier molecular flexibility index (Phi) is 4.68. The number of carbonyl (C=O) groups excluding carboxylic acids is 1. The molecule has 0 bridgehead atoms. The van der Waals surface area contributed by atoms with Gasteiger partial charge in [-0.15, -0.1) is 0 Å². The molecular formula is C19H20N6O. The molecule has 1 fully saturated rings. The van der Waals surface area contributed by atoms with Crippen LogP contribution in [0.15, 0.2) is 49.1 Å². The molecule has 132 valence electrons. The fourth-order valence-corrected chi connectivity index (χ4v) is 3.32. The fraction of sp³-hybridized carbons (Fsp3) is 0.316. The smallest absolute Gasteiger partial charge is 0.269 e. The number of hydrogen-bond acceptors (Lipinski definition) is 6. The van der Waals surface area contributed by atoms with E-state index in [1.807, 2.05) is 12.1 Å². The first-order valence-corrected chi connectivity index (χ1v) is 8.81. The van der Waals surface area contributed by atoms with Crippen molar-refractivity contribution >= 4 is 22.8 Å². The Morgan fingerprint density at radius 1 is 1.00 bits per heavy atom. The molecule has 0 aromatic carbocycles. The number of amides is 1. The monoisotopic (exact) mass is 348 g/mol. The van der Waals surface area contributed by atoms with Gasteiger partial charge in [0.25, 0.3) is 5.91 Å². The molecule has 4 heterocycles. The number of rotatable bonds is 4. The third-order valence-electron chi connectivity index (χ3n) is 4.75. The number of nitrogens with one attached hydrogen (secondary N) is 1. The molecule has 3 aromatic heterocycles. The number of carbonyl (C=O) groups is 1. The highest BCUT2D eigenvalue weighted by Crippen LogP contribution is 2.27. The first kappa shape index (κ1) is 16.4. The molecule has 1 saturated heterocycles. The minimum absolute atomic E-state index is 0.108. The highest BCUT2D eigenvalue weighted by atomic mass is 16.1. The largest absolute Gasteiger partial charge is 0.370 e. The summed E-state index contributed by atoms with van der Waals surface area (Å²) in [5.41, 5.74) is 3.07. The number of piperidine rings is 1. The van der Waals surface area contributed by atoms with E-state index >= 15 is 0 Å². The quantitative estimate of drug-likeness (QED) is 0.777. The van der Waals surface area contributed by atoms with E-state index in [0.717, 1.165) is 37.1 Å². The molecule has 1 aliphatic heterocycles. The first-order valence-electron chi connectivity index (χ1n) is 8.81. The minimum atomic E-state index is -0.108. The molecule has 7 nitrogen and oxygen atoms in total. The number of fused-ring (bicyclic) bond motifs is 1. The second-order valence-electron chi connectivity index (χ2n) is 6.41. The lowest BCUT2D eigenvalue weighted by Gasteiger charge is -2.33. The molecule has 0 aliphatic carbocycles. The first-order chi connectivity index (χ1) is 12.8. The van der Waals surface area contributed by atoms with Gasteiger partial charge in [0, 0.05) is 44.4 Å². The number of anilines is 1. The summed E-state index contributed by atoms with van der Waals surface area (Å²) in [5.74, 6) is 0.363. The topological polar surface area (TPSA) is 83.9 Å². The Labute approximate surface area is 151 Å². The van der Waals surface area contributed by atoms with Crippen molar-refractivity contribution in [3.63, 3.8) is 0 Å². The van der Waals surface area contributed by atoms with Gasteiger partial charge in [-0.05, 0) is 37.0 Å². The third-order valence-corrected chi connectivity index (χ3v) is 4.75. The Bertz CT molecular complexity index is 887. The summed E-state index contributed by atoms with van der Waals surface area (Å²) in [6.07, 6.45) is 8.82. The summed E-state index contributed by atoms with van der Waals surface area (Å²) < 4.78 is 0.